The number of amides is 1. The predicted octanol–water partition coefficient (Wildman–Crippen LogP) is 3.81. The van der Waals surface area contributed by atoms with Gasteiger partial charge < -0.3 is 9.42 Å². The van der Waals surface area contributed by atoms with Crippen molar-refractivity contribution in [3.05, 3.63) is 65.8 Å². The van der Waals surface area contributed by atoms with Crippen LogP contribution in [0, 0.1) is 6.92 Å². The number of aromatic nitrogens is 3. The van der Waals surface area contributed by atoms with Crippen molar-refractivity contribution >= 4 is 5.91 Å². The lowest BCUT2D eigenvalue weighted by atomic mass is 9.99. The van der Waals surface area contributed by atoms with E-state index in [0.717, 1.165) is 36.0 Å². The second-order valence-electron chi connectivity index (χ2n) is 6.52. The summed E-state index contributed by atoms with van der Waals surface area (Å²) >= 11 is 0. The number of hydrogen-bond acceptors (Lipinski definition) is 5. The summed E-state index contributed by atoms with van der Waals surface area (Å²) < 4.78 is 5.53. The van der Waals surface area contributed by atoms with Crippen LogP contribution in [-0.4, -0.2) is 32.5 Å². The summed E-state index contributed by atoms with van der Waals surface area (Å²) in [4.78, 5) is 23.5. The highest BCUT2D eigenvalue weighted by atomic mass is 16.5. The van der Waals surface area contributed by atoms with Gasteiger partial charge >= 0.3 is 0 Å². The normalized spacial score (nSPS) is 17.3. The Balaban J connectivity index is 1.63. The number of aryl methyl sites for hydroxylation is 1. The topological polar surface area (TPSA) is 72.1 Å². The third kappa shape index (κ3) is 3.10. The summed E-state index contributed by atoms with van der Waals surface area (Å²) in [6, 6.07) is 11.2. The average molecular weight is 348 g/mol. The minimum absolute atomic E-state index is 0.0245. The van der Waals surface area contributed by atoms with Gasteiger partial charge in [-0.2, -0.15) is 4.98 Å². The smallest absolute Gasteiger partial charge is 0.254 e. The molecule has 3 heterocycles. The van der Waals surface area contributed by atoms with Crippen molar-refractivity contribution in [2.24, 2.45) is 0 Å². The molecule has 0 unspecified atom stereocenters. The highest BCUT2D eigenvalue weighted by Gasteiger charge is 2.33. The van der Waals surface area contributed by atoms with Crippen LogP contribution < -0.4 is 0 Å². The van der Waals surface area contributed by atoms with Crippen LogP contribution in [-0.2, 0) is 0 Å². The number of piperidine rings is 1. The van der Waals surface area contributed by atoms with Crippen molar-refractivity contribution in [3.63, 3.8) is 0 Å². The molecule has 2 aromatic heterocycles. The molecule has 1 aliphatic heterocycles. The number of likely N-dealkylation sites (tertiary alicyclic amines) is 1. The van der Waals surface area contributed by atoms with Crippen LogP contribution >= 0.6 is 0 Å². The molecule has 6 heteroatoms. The Morgan fingerprint density at radius 2 is 1.96 bits per heavy atom. The Labute approximate surface area is 151 Å². The molecular formula is C20H20N4O2. The number of benzene rings is 1. The number of rotatable bonds is 3. The fraction of sp³-hybridized carbons (Fsp3) is 0.300. The lowest BCUT2D eigenvalue weighted by Gasteiger charge is -2.33. The zero-order valence-corrected chi connectivity index (χ0v) is 14.6. The molecule has 0 N–H and O–H groups in total. The first kappa shape index (κ1) is 16.4. The number of pyridine rings is 1. The summed E-state index contributed by atoms with van der Waals surface area (Å²) in [6.45, 7) is 2.66. The van der Waals surface area contributed by atoms with Gasteiger partial charge in [0.25, 0.3) is 5.91 Å². The second-order valence-corrected chi connectivity index (χ2v) is 6.52. The van der Waals surface area contributed by atoms with Crippen molar-refractivity contribution < 1.29 is 9.32 Å². The van der Waals surface area contributed by atoms with Crippen molar-refractivity contribution in [2.75, 3.05) is 6.54 Å². The van der Waals surface area contributed by atoms with Crippen LogP contribution in [0.3, 0.4) is 0 Å². The fourth-order valence-corrected chi connectivity index (χ4v) is 3.39. The maximum absolute atomic E-state index is 13.1. The first-order valence-corrected chi connectivity index (χ1v) is 8.84. The summed E-state index contributed by atoms with van der Waals surface area (Å²) in [6.07, 6.45) is 6.24. The molecule has 6 nitrogen and oxygen atoms in total. The highest BCUT2D eigenvalue weighted by molar-refractivity contribution is 5.95. The van der Waals surface area contributed by atoms with E-state index >= 15 is 0 Å². The summed E-state index contributed by atoms with van der Waals surface area (Å²) in [5.41, 5.74) is 2.56. The maximum Gasteiger partial charge on any atom is 0.254 e. The van der Waals surface area contributed by atoms with E-state index in [0.29, 0.717) is 18.3 Å². The van der Waals surface area contributed by atoms with Gasteiger partial charge in [-0.25, -0.2) is 0 Å². The Kier molecular flexibility index (Phi) is 4.48. The summed E-state index contributed by atoms with van der Waals surface area (Å²) in [5.74, 6) is 1.05. The fourth-order valence-electron chi connectivity index (χ4n) is 3.39. The van der Waals surface area contributed by atoms with Crippen LogP contribution in [0.5, 0.6) is 0 Å². The zero-order valence-electron chi connectivity index (χ0n) is 14.6. The third-order valence-corrected chi connectivity index (χ3v) is 4.80. The molecule has 1 saturated heterocycles. The lowest BCUT2D eigenvalue weighted by molar-refractivity contribution is 0.0560. The Morgan fingerprint density at radius 1 is 1.15 bits per heavy atom. The van der Waals surface area contributed by atoms with Gasteiger partial charge in [0.2, 0.25) is 11.7 Å². The van der Waals surface area contributed by atoms with Crippen molar-refractivity contribution in [2.45, 2.75) is 32.2 Å². The minimum Gasteiger partial charge on any atom is -0.337 e. The van der Waals surface area contributed by atoms with Crippen molar-refractivity contribution in [3.8, 4) is 11.4 Å². The summed E-state index contributed by atoms with van der Waals surface area (Å²) in [5, 5.41) is 4.09. The quantitative estimate of drug-likeness (QED) is 0.720. The van der Waals surface area contributed by atoms with Crippen LogP contribution in [0.25, 0.3) is 11.4 Å². The van der Waals surface area contributed by atoms with Gasteiger partial charge in [-0.15, -0.1) is 0 Å². The maximum atomic E-state index is 13.1. The monoisotopic (exact) mass is 348 g/mol. The molecule has 0 bridgehead atoms. The van der Waals surface area contributed by atoms with Crippen molar-refractivity contribution in [1.82, 2.24) is 20.0 Å². The van der Waals surface area contributed by atoms with Crippen molar-refractivity contribution in [1.29, 1.82) is 0 Å². The standard InChI is InChI=1S/C20H20N4O2/c1-14-6-2-3-7-16(14)20(25)24-13-5-4-8-17(24)19-22-18(23-26-19)15-9-11-21-12-10-15/h2-3,6-7,9-12,17H,4-5,8,13H2,1H3/t17-/m1/s1. The van der Waals surface area contributed by atoms with Gasteiger partial charge in [0.05, 0.1) is 0 Å². The van der Waals surface area contributed by atoms with E-state index in [1.54, 1.807) is 12.4 Å². The Bertz CT molecular complexity index is 907. The first-order valence-electron chi connectivity index (χ1n) is 8.84. The first-order chi connectivity index (χ1) is 12.7. The Morgan fingerprint density at radius 3 is 2.77 bits per heavy atom. The second kappa shape index (κ2) is 7.07. The third-order valence-electron chi connectivity index (χ3n) is 4.80. The number of hydrogen-bond donors (Lipinski definition) is 0. The van der Waals surface area contributed by atoms with Crippen LogP contribution in [0.1, 0.15) is 47.1 Å². The SMILES string of the molecule is Cc1ccccc1C(=O)N1CCCC[C@@H]1c1nc(-c2ccncc2)no1. The lowest BCUT2D eigenvalue weighted by Crippen LogP contribution is -2.39. The molecular weight excluding hydrogens is 328 g/mol. The van der Waals surface area contributed by atoms with E-state index in [4.69, 9.17) is 4.52 Å². The molecule has 132 valence electrons. The molecule has 1 fully saturated rings. The van der Waals surface area contributed by atoms with Crippen LogP contribution in [0.4, 0.5) is 0 Å². The van der Waals surface area contributed by atoms with E-state index in [1.807, 2.05) is 48.2 Å². The molecule has 0 saturated carbocycles. The van der Waals surface area contributed by atoms with Gasteiger partial charge in [-0.05, 0) is 49.9 Å². The molecule has 0 aliphatic carbocycles. The molecule has 1 aliphatic rings. The van der Waals surface area contributed by atoms with Gasteiger partial charge in [-0.3, -0.25) is 9.78 Å². The number of nitrogens with zero attached hydrogens (tertiary/aromatic N) is 4. The Hall–Kier alpha value is -3.02. The van der Waals surface area contributed by atoms with Gasteiger partial charge in [0, 0.05) is 30.1 Å². The van der Waals surface area contributed by atoms with Gasteiger partial charge in [0.15, 0.2) is 0 Å². The van der Waals surface area contributed by atoms with E-state index in [1.165, 1.54) is 0 Å². The predicted molar refractivity (Wildman–Crippen MR) is 96.3 cm³/mol. The number of carbonyl (C=O) groups excluding carboxylic acids is 1. The van der Waals surface area contributed by atoms with Crippen LogP contribution in [0.15, 0.2) is 53.3 Å². The molecule has 3 aromatic rings. The van der Waals surface area contributed by atoms with E-state index in [2.05, 4.69) is 15.1 Å². The highest BCUT2D eigenvalue weighted by Crippen LogP contribution is 2.32. The molecule has 26 heavy (non-hydrogen) atoms. The van der Waals surface area contributed by atoms with Gasteiger partial charge in [-0.1, -0.05) is 23.4 Å². The summed E-state index contributed by atoms with van der Waals surface area (Å²) in [7, 11) is 0. The zero-order chi connectivity index (χ0) is 17.9. The average Bonchev–Trinajstić information content (AvgIpc) is 3.19. The largest absolute Gasteiger partial charge is 0.337 e. The van der Waals surface area contributed by atoms with E-state index < -0.39 is 0 Å². The molecule has 0 radical (unpaired) electrons. The molecule has 1 amide bonds. The van der Waals surface area contributed by atoms with E-state index in [9.17, 15) is 4.79 Å². The number of carbonyl (C=O) groups is 1. The molecule has 0 spiro atoms. The minimum atomic E-state index is -0.182. The van der Waals surface area contributed by atoms with E-state index in [-0.39, 0.29) is 11.9 Å². The van der Waals surface area contributed by atoms with Gasteiger partial charge in [0.1, 0.15) is 6.04 Å². The molecule has 1 aromatic carbocycles. The molecule has 1 atom stereocenters. The van der Waals surface area contributed by atoms with Crippen LogP contribution in [0.2, 0.25) is 0 Å². The molecule has 4 rings (SSSR count).